The maximum atomic E-state index is 12.9. The smallest absolute Gasteiger partial charge is 0.238 e. The lowest BCUT2D eigenvalue weighted by Crippen LogP contribution is -2.49. The highest BCUT2D eigenvalue weighted by Gasteiger charge is 2.59. The Balaban J connectivity index is 1.65. The molecule has 0 aromatic carbocycles. The second-order valence-corrected chi connectivity index (χ2v) is 7.26. The minimum absolute atomic E-state index is 0.128. The van der Waals surface area contributed by atoms with E-state index in [1.807, 2.05) is 9.80 Å². The lowest BCUT2D eigenvalue weighted by Gasteiger charge is -2.34. The number of likely N-dealkylation sites (tertiary alicyclic amines) is 2. The highest BCUT2D eigenvalue weighted by Crippen LogP contribution is 2.49. The summed E-state index contributed by atoms with van der Waals surface area (Å²) in [5.41, 5.74) is -0.662. The van der Waals surface area contributed by atoms with Crippen LogP contribution in [0.15, 0.2) is 0 Å². The van der Waals surface area contributed by atoms with Gasteiger partial charge in [-0.2, -0.15) is 0 Å². The van der Waals surface area contributed by atoms with Gasteiger partial charge in [0.25, 0.3) is 0 Å². The Bertz CT molecular complexity index is 401. The van der Waals surface area contributed by atoms with Gasteiger partial charge in [-0.25, -0.2) is 0 Å². The van der Waals surface area contributed by atoms with Crippen molar-refractivity contribution in [2.75, 3.05) is 26.2 Å². The molecular weight excluding hydrogens is 264 g/mol. The predicted octanol–water partition coefficient (Wildman–Crippen LogP) is 2.43. The van der Waals surface area contributed by atoms with E-state index in [1.165, 1.54) is 12.8 Å². The zero-order valence-electron chi connectivity index (χ0n) is 13.3. The van der Waals surface area contributed by atoms with Crippen molar-refractivity contribution in [3.63, 3.8) is 0 Å². The van der Waals surface area contributed by atoms with Crippen LogP contribution in [-0.2, 0) is 9.59 Å². The summed E-state index contributed by atoms with van der Waals surface area (Å²) in [6.45, 7) is 5.64. The van der Waals surface area contributed by atoms with Crippen LogP contribution < -0.4 is 0 Å². The van der Waals surface area contributed by atoms with Gasteiger partial charge in [0.05, 0.1) is 0 Å². The van der Waals surface area contributed by atoms with E-state index in [-0.39, 0.29) is 11.8 Å². The second-order valence-electron chi connectivity index (χ2n) is 7.26. The van der Waals surface area contributed by atoms with Gasteiger partial charge >= 0.3 is 0 Å². The number of hydrogen-bond donors (Lipinski definition) is 0. The number of hydrogen-bond acceptors (Lipinski definition) is 2. The summed E-state index contributed by atoms with van der Waals surface area (Å²) in [7, 11) is 0. The molecule has 4 nitrogen and oxygen atoms in total. The maximum Gasteiger partial charge on any atom is 0.238 e. The maximum absolute atomic E-state index is 12.9. The standard InChI is InChI=1S/C17H28N2O2/c1-14-6-12-19(13-7-14)16(21)17(8-9-17)15(20)18-10-4-2-3-5-11-18/h14H,2-13H2,1H3. The van der Waals surface area contributed by atoms with Crippen molar-refractivity contribution in [2.45, 2.75) is 58.3 Å². The highest BCUT2D eigenvalue weighted by molar-refractivity contribution is 6.07. The van der Waals surface area contributed by atoms with Crippen molar-refractivity contribution in [3.8, 4) is 0 Å². The van der Waals surface area contributed by atoms with Crippen LogP contribution in [0.4, 0.5) is 0 Å². The van der Waals surface area contributed by atoms with E-state index in [2.05, 4.69) is 6.92 Å². The highest BCUT2D eigenvalue weighted by atomic mass is 16.2. The Kier molecular flexibility index (Phi) is 4.23. The quantitative estimate of drug-likeness (QED) is 0.733. The third kappa shape index (κ3) is 2.95. The molecule has 0 aromatic rings. The van der Waals surface area contributed by atoms with E-state index in [1.54, 1.807) is 0 Å². The van der Waals surface area contributed by atoms with Crippen LogP contribution in [0, 0.1) is 11.3 Å². The Morgan fingerprint density at radius 2 is 1.29 bits per heavy atom. The van der Waals surface area contributed by atoms with Crippen LogP contribution in [0.1, 0.15) is 58.3 Å². The minimum atomic E-state index is -0.662. The van der Waals surface area contributed by atoms with E-state index in [4.69, 9.17) is 0 Å². The van der Waals surface area contributed by atoms with Gasteiger partial charge in [-0.1, -0.05) is 19.8 Å². The van der Waals surface area contributed by atoms with E-state index in [9.17, 15) is 9.59 Å². The fraction of sp³-hybridized carbons (Fsp3) is 0.882. The number of amides is 2. The van der Waals surface area contributed by atoms with Crippen LogP contribution in [0.25, 0.3) is 0 Å². The molecule has 2 saturated heterocycles. The first kappa shape index (κ1) is 14.9. The lowest BCUT2D eigenvalue weighted by atomic mass is 9.96. The molecule has 0 unspecified atom stereocenters. The van der Waals surface area contributed by atoms with E-state index < -0.39 is 5.41 Å². The summed E-state index contributed by atoms with van der Waals surface area (Å²) in [5, 5.41) is 0. The molecule has 1 saturated carbocycles. The van der Waals surface area contributed by atoms with E-state index in [0.29, 0.717) is 5.92 Å². The summed E-state index contributed by atoms with van der Waals surface area (Å²) in [6, 6.07) is 0. The molecule has 3 fully saturated rings. The normalized spacial score (nSPS) is 26.3. The van der Waals surface area contributed by atoms with Gasteiger partial charge in [-0.3, -0.25) is 9.59 Å². The number of nitrogens with zero attached hydrogens (tertiary/aromatic N) is 2. The van der Waals surface area contributed by atoms with Crippen molar-refractivity contribution in [2.24, 2.45) is 11.3 Å². The lowest BCUT2D eigenvalue weighted by molar-refractivity contribution is -0.150. The number of rotatable bonds is 2. The van der Waals surface area contributed by atoms with E-state index >= 15 is 0 Å². The Morgan fingerprint density at radius 3 is 1.76 bits per heavy atom. The molecule has 2 heterocycles. The molecule has 0 radical (unpaired) electrons. The van der Waals surface area contributed by atoms with Crippen molar-refractivity contribution in [1.82, 2.24) is 9.80 Å². The van der Waals surface area contributed by atoms with Crippen LogP contribution in [0.5, 0.6) is 0 Å². The fourth-order valence-electron chi connectivity index (χ4n) is 3.73. The average Bonchev–Trinajstić information content (AvgIpc) is 3.31. The summed E-state index contributed by atoms with van der Waals surface area (Å²) >= 11 is 0. The topological polar surface area (TPSA) is 40.6 Å². The Labute approximate surface area is 127 Å². The van der Waals surface area contributed by atoms with Crippen molar-refractivity contribution in [3.05, 3.63) is 0 Å². The summed E-state index contributed by atoms with van der Waals surface area (Å²) in [6.07, 6.45) is 8.33. The fourth-order valence-corrected chi connectivity index (χ4v) is 3.73. The van der Waals surface area contributed by atoms with Gasteiger partial charge in [-0.05, 0) is 44.4 Å². The molecule has 4 heteroatoms. The van der Waals surface area contributed by atoms with Crippen molar-refractivity contribution < 1.29 is 9.59 Å². The Hall–Kier alpha value is -1.06. The number of carbonyl (C=O) groups excluding carboxylic acids is 2. The average molecular weight is 292 g/mol. The molecule has 2 amide bonds. The molecule has 3 rings (SSSR count). The molecule has 1 aliphatic carbocycles. The second kappa shape index (κ2) is 5.98. The van der Waals surface area contributed by atoms with Crippen LogP contribution in [0.3, 0.4) is 0 Å². The molecule has 118 valence electrons. The molecule has 0 atom stereocenters. The molecule has 0 bridgehead atoms. The number of carbonyl (C=O) groups is 2. The summed E-state index contributed by atoms with van der Waals surface area (Å²) in [4.78, 5) is 29.6. The zero-order chi connectivity index (χ0) is 14.9. The molecule has 21 heavy (non-hydrogen) atoms. The van der Waals surface area contributed by atoms with Gasteiger partial charge in [-0.15, -0.1) is 0 Å². The predicted molar refractivity (Wildman–Crippen MR) is 81.7 cm³/mol. The molecule has 0 aromatic heterocycles. The number of piperidine rings is 1. The molecule has 2 aliphatic heterocycles. The van der Waals surface area contributed by atoms with Crippen LogP contribution in [0.2, 0.25) is 0 Å². The SMILES string of the molecule is CC1CCN(C(=O)C2(C(=O)N3CCCCCC3)CC2)CC1. The third-order valence-corrected chi connectivity index (χ3v) is 5.53. The van der Waals surface area contributed by atoms with Crippen molar-refractivity contribution in [1.29, 1.82) is 0 Å². The first-order valence-electron chi connectivity index (χ1n) is 8.72. The minimum Gasteiger partial charge on any atom is -0.342 e. The third-order valence-electron chi connectivity index (χ3n) is 5.53. The van der Waals surface area contributed by atoms with Gasteiger partial charge in [0.1, 0.15) is 5.41 Å². The van der Waals surface area contributed by atoms with Crippen molar-refractivity contribution >= 4 is 11.8 Å². The molecular formula is C17H28N2O2. The van der Waals surface area contributed by atoms with Gasteiger partial charge < -0.3 is 9.80 Å². The van der Waals surface area contributed by atoms with Gasteiger partial charge in [0.2, 0.25) is 11.8 Å². The zero-order valence-corrected chi connectivity index (χ0v) is 13.3. The summed E-state index contributed by atoms with van der Waals surface area (Å²) < 4.78 is 0. The molecule has 3 aliphatic rings. The monoisotopic (exact) mass is 292 g/mol. The Morgan fingerprint density at radius 1 is 0.810 bits per heavy atom. The van der Waals surface area contributed by atoms with Crippen LogP contribution >= 0.6 is 0 Å². The first-order chi connectivity index (χ1) is 10.1. The summed E-state index contributed by atoms with van der Waals surface area (Å²) in [5.74, 6) is 0.974. The largest absolute Gasteiger partial charge is 0.342 e. The van der Waals surface area contributed by atoms with Gasteiger partial charge in [0.15, 0.2) is 0 Å². The molecule has 0 spiro atoms. The van der Waals surface area contributed by atoms with E-state index in [0.717, 1.165) is 64.7 Å². The molecule has 0 N–H and O–H groups in total. The van der Waals surface area contributed by atoms with Crippen LogP contribution in [-0.4, -0.2) is 47.8 Å². The van der Waals surface area contributed by atoms with Gasteiger partial charge in [0, 0.05) is 26.2 Å². The first-order valence-corrected chi connectivity index (χ1v) is 8.72.